The number of rotatable bonds is 2. The van der Waals surface area contributed by atoms with E-state index in [1.807, 2.05) is 12.1 Å². The Labute approximate surface area is 97.4 Å². The average Bonchev–Trinajstić information content (AvgIpc) is 2.39. The number of allylic oxidation sites excluding steroid dienone is 1. The van der Waals surface area contributed by atoms with E-state index in [2.05, 4.69) is 24.8 Å². The maximum absolute atomic E-state index is 8.76. The summed E-state index contributed by atoms with van der Waals surface area (Å²) in [6.45, 7) is 3.72. The highest BCUT2D eigenvalue weighted by Crippen LogP contribution is 2.32. The van der Waals surface area contributed by atoms with Gasteiger partial charge in [-0.25, -0.2) is 0 Å². The van der Waals surface area contributed by atoms with Crippen molar-refractivity contribution in [3.63, 3.8) is 0 Å². The molecule has 16 heavy (non-hydrogen) atoms. The van der Waals surface area contributed by atoms with E-state index in [1.54, 1.807) is 0 Å². The predicted octanol–water partition coefficient (Wildman–Crippen LogP) is 4.27. The van der Waals surface area contributed by atoms with Crippen LogP contribution in [-0.4, -0.2) is 0 Å². The topological polar surface area (TPSA) is 23.8 Å². The molecule has 0 spiro atoms. The molecule has 0 aliphatic heterocycles. The van der Waals surface area contributed by atoms with Crippen LogP contribution in [0.25, 0.3) is 5.57 Å². The molecule has 1 aromatic rings. The van der Waals surface area contributed by atoms with E-state index in [0.717, 1.165) is 11.5 Å². The molecule has 1 fully saturated rings. The molecule has 2 rings (SSSR count). The number of hydrogen-bond donors (Lipinski definition) is 0. The summed E-state index contributed by atoms with van der Waals surface area (Å²) in [4.78, 5) is 0. The Bertz CT molecular complexity index is 402. The van der Waals surface area contributed by atoms with Crippen LogP contribution in [0.2, 0.25) is 0 Å². The van der Waals surface area contributed by atoms with Crippen LogP contribution >= 0.6 is 0 Å². The molecular formula is C15H17N. The van der Waals surface area contributed by atoms with Crippen molar-refractivity contribution in [2.75, 3.05) is 0 Å². The van der Waals surface area contributed by atoms with Gasteiger partial charge < -0.3 is 0 Å². The van der Waals surface area contributed by atoms with Gasteiger partial charge in [0.15, 0.2) is 0 Å². The van der Waals surface area contributed by atoms with Crippen molar-refractivity contribution in [2.45, 2.75) is 38.0 Å². The third kappa shape index (κ3) is 2.33. The van der Waals surface area contributed by atoms with E-state index >= 15 is 0 Å². The van der Waals surface area contributed by atoms with E-state index < -0.39 is 0 Å². The fourth-order valence-electron chi connectivity index (χ4n) is 2.46. The Balaban J connectivity index is 2.12. The van der Waals surface area contributed by atoms with Gasteiger partial charge in [-0.05, 0) is 29.9 Å². The van der Waals surface area contributed by atoms with E-state index in [-0.39, 0.29) is 0 Å². The third-order valence-corrected chi connectivity index (χ3v) is 3.47. The highest BCUT2D eigenvalue weighted by molar-refractivity contribution is 5.74. The normalized spacial score (nSPS) is 16.7. The summed E-state index contributed by atoms with van der Waals surface area (Å²) in [5.41, 5.74) is 2.92. The predicted molar refractivity (Wildman–Crippen MR) is 66.9 cm³/mol. The first kappa shape index (κ1) is 11.0. The molecule has 0 N–H and O–H groups in total. The highest BCUT2D eigenvalue weighted by atomic mass is 14.2. The fraction of sp³-hybridized carbons (Fsp3) is 0.400. The van der Waals surface area contributed by atoms with Crippen LogP contribution in [0.3, 0.4) is 0 Å². The van der Waals surface area contributed by atoms with Crippen LogP contribution in [0.1, 0.15) is 49.1 Å². The largest absolute Gasteiger partial charge is 0.192 e. The van der Waals surface area contributed by atoms with Crippen LogP contribution in [0.4, 0.5) is 0 Å². The molecule has 0 aromatic heterocycles. The lowest BCUT2D eigenvalue weighted by atomic mass is 9.84. The second kappa shape index (κ2) is 4.99. The lowest BCUT2D eigenvalue weighted by Gasteiger charge is -2.22. The first-order valence-corrected chi connectivity index (χ1v) is 6.00. The lowest BCUT2D eigenvalue weighted by Crippen LogP contribution is -2.04. The Morgan fingerprint density at radius 2 is 1.75 bits per heavy atom. The molecule has 1 saturated carbocycles. The third-order valence-electron chi connectivity index (χ3n) is 3.47. The smallest absolute Gasteiger partial charge is 0.0991 e. The number of hydrogen-bond acceptors (Lipinski definition) is 1. The Morgan fingerprint density at radius 1 is 1.12 bits per heavy atom. The fourth-order valence-corrected chi connectivity index (χ4v) is 2.46. The van der Waals surface area contributed by atoms with Crippen LogP contribution < -0.4 is 0 Å². The SMILES string of the molecule is C=C(C#N)c1ccc(C2CCCCC2)cc1. The summed E-state index contributed by atoms with van der Waals surface area (Å²) in [5, 5.41) is 8.76. The maximum atomic E-state index is 8.76. The Morgan fingerprint density at radius 3 is 2.31 bits per heavy atom. The zero-order valence-electron chi connectivity index (χ0n) is 9.58. The molecule has 0 heterocycles. The van der Waals surface area contributed by atoms with Gasteiger partial charge in [0, 0.05) is 0 Å². The maximum Gasteiger partial charge on any atom is 0.0991 e. The van der Waals surface area contributed by atoms with E-state index in [4.69, 9.17) is 5.26 Å². The number of benzene rings is 1. The molecule has 0 radical (unpaired) electrons. The molecule has 1 nitrogen and oxygen atoms in total. The van der Waals surface area contributed by atoms with Gasteiger partial charge in [0.1, 0.15) is 0 Å². The first-order valence-electron chi connectivity index (χ1n) is 6.00. The van der Waals surface area contributed by atoms with Gasteiger partial charge in [-0.2, -0.15) is 5.26 Å². The molecule has 0 atom stereocenters. The highest BCUT2D eigenvalue weighted by Gasteiger charge is 2.15. The van der Waals surface area contributed by atoms with Gasteiger partial charge in [0.05, 0.1) is 11.6 Å². The van der Waals surface area contributed by atoms with Gasteiger partial charge in [-0.15, -0.1) is 0 Å². The zero-order chi connectivity index (χ0) is 11.4. The number of nitrogens with zero attached hydrogens (tertiary/aromatic N) is 1. The van der Waals surface area contributed by atoms with E-state index in [0.29, 0.717) is 5.57 Å². The van der Waals surface area contributed by atoms with E-state index in [9.17, 15) is 0 Å². The standard InChI is InChI=1S/C15H17N/c1-12(11-16)13-7-9-15(10-8-13)14-5-3-2-4-6-14/h7-10,14H,1-6H2. The second-order valence-electron chi connectivity index (χ2n) is 4.55. The first-order chi connectivity index (χ1) is 7.81. The summed E-state index contributed by atoms with van der Waals surface area (Å²) >= 11 is 0. The molecule has 0 unspecified atom stereocenters. The van der Waals surface area contributed by atoms with Crippen LogP contribution in [-0.2, 0) is 0 Å². The second-order valence-corrected chi connectivity index (χ2v) is 4.55. The quantitative estimate of drug-likeness (QED) is 0.670. The van der Waals surface area contributed by atoms with Gasteiger partial charge >= 0.3 is 0 Å². The molecule has 1 heteroatoms. The Kier molecular flexibility index (Phi) is 3.41. The average molecular weight is 211 g/mol. The molecule has 0 saturated heterocycles. The van der Waals surface area contributed by atoms with Crippen molar-refractivity contribution < 1.29 is 0 Å². The van der Waals surface area contributed by atoms with Crippen molar-refractivity contribution in [2.24, 2.45) is 0 Å². The monoisotopic (exact) mass is 211 g/mol. The van der Waals surface area contributed by atoms with E-state index in [1.165, 1.54) is 37.7 Å². The molecule has 0 bridgehead atoms. The minimum atomic E-state index is 0.551. The summed E-state index contributed by atoms with van der Waals surface area (Å²) in [6.07, 6.45) is 6.74. The molecule has 1 aromatic carbocycles. The summed E-state index contributed by atoms with van der Waals surface area (Å²) in [5.74, 6) is 0.734. The summed E-state index contributed by atoms with van der Waals surface area (Å²) in [7, 11) is 0. The van der Waals surface area contributed by atoms with Crippen LogP contribution in [0.15, 0.2) is 30.8 Å². The van der Waals surface area contributed by atoms with Gasteiger partial charge in [-0.3, -0.25) is 0 Å². The zero-order valence-corrected chi connectivity index (χ0v) is 9.58. The minimum Gasteiger partial charge on any atom is -0.192 e. The van der Waals surface area contributed by atoms with Crippen molar-refractivity contribution >= 4 is 5.57 Å². The van der Waals surface area contributed by atoms with Crippen molar-refractivity contribution in [3.05, 3.63) is 42.0 Å². The molecule has 0 amide bonds. The molecule has 1 aliphatic rings. The lowest BCUT2D eigenvalue weighted by molar-refractivity contribution is 0.443. The molecule has 1 aliphatic carbocycles. The van der Waals surface area contributed by atoms with Gasteiger partial charge in [0.25, 0.3) is 0 Å². The number of nitriles is 1. The minimum absolute atomic E-state index is 0.551. The van der Waals surface area contributed by atoms with Crippen molar-refractivity contribution in [3.8, 4) is 6.07 Å². The van der Waals surface area contributed by atoms with Crippen molar-refractivity contribution in [1.29, 1.82) is 5.26 Å². The summed E-state index contributed by atoms with van der Waals surface area (Å²) < 4.78 is 0. The summed E-state index contributed by atoms with van der Waals surface area (Å²) in [6, 6.07) is 10.5. The molecule has 82 valence electrons. The van der Waals surface area contributed by atoms with Crippen molar-refractivity contribution in [1.82, 2.24) is 0 Å². The van der Waals surface area contributed by atoms with Crippen LogP contribution in [0.5, 0.6) is 0 Å². The van der Waals surface area contributed by atoms with Crippen LogP contribution in [0, 0.1) is 11.3 Å². The van der Waals surface area contributed by atoms with Gasteiger partial charge in [0.2, 0.25) is 0 Å². The molecular weight excluding hydrogens is 194 g/mol. The Hall–Kier alpha value is -1.55. The van der Waals surface area contributed by atoms with Gasteiger partial charge in [-0.1, -0.05) is 50.1 Å².